The Morgan fingerprint density at radius 3 is 2.12 bits per heavy atom. The minimum Gasteiger partial charge on any atom is -0.478 e. The summed E-state index contributed by atoms with van der Waals surface area (Å²) >= 11 is 0. The molecular weight excluding hydrogens is 546 g/mol. The molecule has 2 amide bonds. The van der Waals surface area contributed by atoms with Crippen molar-refractivity contribution in [2.45, 2.75) is 65.7 Å². The van der Waals surface area contributed by atoms with Gasteiger partial charge in [-0.05, 0) is 68.0 Å². The lowest BCUT2D eigenvalue weighted by atomic mass is 9.99. The molecule has 0 aliphatic carbocycles. The fraction of sp³-hybridized carbons (Fsp3) is 0.412. The van der Waals surface area contributed by atoms with E-state index in [2.05, 4.69) is 24.8 Å². The lowest BCUT2D eigenvalue weighted by molar-refractivity contribution is -0.117. The summed E-state index contributed by atoms with van der Waals surface area (Å²) in [6.45, 7) is 9.00. The molecule has 226 valence electrons. The van der Waals surface area contributed by atoms with Crippen LogP contribution in [0.1, 0.15) is 86.3 Å². The Morgan fingerprint density at radius 2 is 1.56 bits per heavy atom. The third-order valence-corrected chi connectivity index (χ3v) is 8.28. The second-order valence-electron chi connectivity index (χ2n) is 11.2. The van der Waals surface area contributed by atoms with Crippen LogP contribution in [0.2, 0.25) is 0 Å². The average Bonchev–Trinajstić information content (AvgIpc) is 3.62. The zero-order valence-electron chi connectivity index (χ0n) is 25.1. The summed E-state index contributed by atoms with van der Waals surface area (Å²) < 4.78 is 5.86. The predicted octanol–water partition coefficient (Wildman–Crippen LogP) is 6.10. The van der Waals surface area contributed by atoms with E-state index in [1.54, 1.807) is 23.1 Å². The Bertz CT molecular complexity index is 1650. The fourth-order valence-corrected chi connectivity index (χ4v) is 6.26. The average molecular weight is 586 g/mol. The van der Waals surface area contributed by atoms with Gasteiger partial charge >= 0.3 is 11.6 Å². The number of carbonyl (C=O) groups excluding carboxylic acids is 2. The van der Waals surface area contributed by atoms with Crippen molar-refractivity contribution in [2.24, 2.45) is 0 Å². The molecule has 43 heavy (non-hydrogen) atoms. The van der Waals surface area contributed by atoms with Gasteiger partial charge in [-0.3, -0.25) is 9.59 Å². The largest absolute Gasteiger partial charge is 0.478 e. The van der Waals surface area contributed by atoms with Crippen LogP contribution in [0.15, 0.2) is 39.5 Å². The van der Waals surface area contributed by atoms with Crippen molar-refractivity contribution >= 4 is 58.0 Å². The molecule has 2 aliphatic heterocycles. The highest BCUT2D eigenvalue weighted by Crippen LogP contribution is 2.36. The Balaban J connectivity index is 1.63. The Labute approximate surface area is 251 Å². The lowest BCUT2D eigenvalue weighted by Crippen LogP contribution is -2.28. The first kappa shape index (κ1) is 30.1. The molecule has 2 aliphatic rings. The number of benzene rings is 2. The maximum absolute atomic E-state index is 13.4. The third kappa shape index (κ3) is 5.94. The van der Waals surface area contributed by atoms with E-state index in [0.717, 1.165) is 42.6 Å². The molecule has 0 unspecified atom stereocenters. The number of carboxylic acids is 1. The van der Waals surface area contributed by atoms with Gasteiger partial charge in [0, 0.05) is 61.7 Å². The first-order valence-corrected chi connectivity index (χ1v) is 15.3. The molecular formula is C34H39N3O6. The first-order valence-electron chi connectivity index (χ1n) is 15.3. The van der Waals surface area contributed by atoms with Gasteiger partial charge in [-0.1, -0.05) is 26.8 Å². The number of carboxylic acid groups (broad SMARTS) is 1. The minimum absolute atomic E-state index is 0.0300. The molecule has 9 nitrogen and oxygen atoms in total. The van der Waals surface area contributed by atoms with E-state index in [1.807, 2.05) is 19.1 Å². The van der Waals surface area contributed by atoms with E-state index in [1.165, 1.54) is 11.0 Å². The van der Waals surface area contributed by atoms with Crippen molar-refractivity contribution in [1.29, 1.82) is 0 Å². The number of rotatable bonds is 11. The summed E-state index contributed by atoms with van der Waals surface area (Å²) in [5, 5.41) is 10.9. The van der Waals surface area contributed by atoms with E-state index in [-0.39, 0.29) is 17.4 Å². The molecule has 0 bridgehead atoms. The van der Waals surface area contributed by atoms with Crippen molar-refractivity contribution in [3.8, 4) is 0 Å². The summed E-state index contributed by atoms with van der Waals surface area (Å²) in [5.74, 6) is -1.40. The molecule has 9 heteroatoms. The van der Waals surface area contributed by atoms with Crippen LogP contribution < -0.4 is 20.3 Å². The van der Waals surface area contributed by atoms with Crippen LogP contribution in [0.3, 0.4) is 0 Å². The Kier molecular flexibility index (Phi) is 8.99. The molecule has 2 saturated heterocycles. The van der Waals surface area contributed by atoms with Crippen LogP contribution >= 0.6 is 0 Å². The summed E-state index contributed by atoms with van der Waals surface area (Å²) in [5.41, 5.74) is 3.62. The fourth-order valence-electron chi connectivity index (χ4n) is 6.26. The van der Waals surface area contributed by atoms with Crippen LogP contribution in [-0.2, 0) is 16.0 Å². The topological polar surface area (TPSA) is 111 Å². The normalized spacial score (nSPS) is 15.4. The quantitative estimate of drug-likeness (QED) is 0.271. The van der Waals surface area contributed by atoms with Gasteiger partial charge in [-0.2, -0.15) is 0 Å². The number of fused-ring (bicyclic) bond motifs is 1. The monoisotopic (exact) mass is 585 g/mol. The second kappa shape index (κ2) is 12.9. The standard InChI is InChI=1S/C34H39N3O6/c1-4-15-35(16-5-2)23-12-14-25-24(6-3)26(34(42)43-30(25)20-23)13-11-22-19-29(37-18-8-10-32(37)39)27(33(40)41)21-28(22)36-17-7-9-31(36)38/h11-14,19-21H,4-10,15-18H2,1-3H3,(H,40,41)/b13-11+. The van der Waals surface area contributed by atoms with Crippen molar-refractivity contribution in [1.82, 2.24) is 0 Å². The molecule has 2 aromatic carbocycles. The second-order valence-corrected chi connectivity index (χ2v) is 11.2. The maximum Gasteiger partial charge on any atom is 0.343 e. The zero-order valence-corrected chi connectivity index (χ0v) is 25.1. The third-order valence-electron chi connectivity index (χ3n) is 8.28. The summed E-state index contributed by atoms with van der Waals surface area (Å²) in [6, 6.07) is 9.16. The summed E-state index contributed by atoms with van der Waals surface area (Å²) in [7, 11) is 0. The molecule has 0 atom stereocenters. The van der Waals surface area contributed by atoms with Gasteiger partial charge in [0.15, 0.2) is 0 Å². The van der Waals surface area contributed by atoms with Gasteiger partial charge in [0.1, 0.15) is 5.58 Å². The number of aromatic carboxylic acids is 1. The number of hydrogen-bond acceptors (Lipinski definition) is 6. The summed E-state index contributed by atoms with van der Waals surface area (Å²) in [6.07, 6.45) is 8.08. The molecule has 1 aromatic heterocycles. The number of aryl methyl sites for hydroxylation is 1. The van der Waals surface area contributed by atoms with E-state index in [4.69, 9.17) is 4.42 Å². The van der Waals surface area contributed by atoms with Crippen molar-refractivity contribution in [3.63, 3.8) is 0 Å². The van der Waals surface area contributed by atoms with E-state index in [0.29, 0.717) is 73.3 Å². The molecule has 3 aromatic rings. The molecule has 5 rings (SSSR count). The molecule has 2 fully saturated rings. The molecule has 1 N–H and O–H groups in total. The van der Waals surface area contributed by atoms with E-state index >= 15 is 0 Å². The minimum atomic E-state index is -1.17. The van der Waals surface area contributed by atoms with Crippen LogP contribution in [0, 0.1) is 0 Å². The molecule has 0 saturated carbocycles. The number of hydrogen-bond donors (Lipinski definition) is 1. The molecule has 0 radical (unpaired) electrons. The molecule has 0 spiro atoms. The number of nitrogens with zero attached hydrogens (tertiary/aromatic N) is 3. The van der Waals surface area contributed by atoms with Crippen LogP contribution in [0.5, 0.6) is 0 Å². The number of carbonyl (C=O) groups is 3. The highest BCUT2D eigenvalue weighted by Gasteiger charge is 2.30. The number of anilines is 3. The van der Waals surface area contributed by atoms with Crippen molar-refractivity contribution in [2.75, 3.05) is 40.9 Å². The van der Waals surface area contributed by atoms with Crippen LogP contribution in [0.4, 0.5) is 17.1 Å². The van der Waals surface area contributed by atoms with Gasteiger partial charge in [0.2, 0.25) is 11.8 Å². The SMILES string of the molecule is CCCN(CCC)c1ccc2c(CC)c(/C=C/c3cc(N4CCCC4=O)c(C(=O)O)cc3N3CCCC3=O)c(=O)oc2c1. The molecule has 3 heterocycles. The highest BCUT2D eigenvalue weighted by molar-refractivity contribution is 6.07. The van der Waals surface area contributed by atoms with Gasteiger partial charge in [0.25, 0.3) is 0 Å². The predicted molar refractivity (Wildman–Crippen MR) is 170 cm³/mol. The van der Waals surface area contributed by atoms with E-state index < -0.39 is 11.6 Å². The Hall–Kier alpha value is -4.40. The van der Waals surface area contributed by atoms with Crippen molar-refractivity contribution < 1.29 is 23.9 Å². The van der Waals surface area contributed by atoms with E-state index in [9.17, 15) is 24.3 Å². The van der Waals surface area contributed by atoms with Crippen LogP contribution in [-0.4, -0.2) is 49.1 Å². The lowest BCUT2D eigenvalue weighted by Gasteiger charge is -2.24. The zero-order chi connectivity index (χ0) is 30.7. The van der Waals surface area contributed by atoms with Gasteiger partial charge in [0.05, 0.1) is 22.5 Å². The van der Waals surface area contributed by atoms with Gasteiger partial charge in [-0.25, -0.2) is 9.59 Å². The van der Waals surface area contributed by atoms with Crippen molar-refractivity contribution in [3.05, 3.63) is 63.0 Å². The highest BCUT2D eigenvalue weighted by atomic mass is 16.4. The number of amides is 2. The Morgan fingerprint density at radius 1 is 0.907 bits per heavy atom. The first-order chi connectivity index (χ1) is 20.8. The van der Waals surface area contributed by atoms with Gasteiger partial charge < -0.3 is 24.2 Å². The smallest absolute Gasteiger partial charge is 0.343 e. The van der Waals surface area contributed by atoms with Crippen LogP contribution in [0.25, 0.3) is 23.1 Å². The van der Waals surface area contributed by atoms with Gasteiger partial charge in [-0.15, -0.1) is 0 Å². The summed E-state index contributed by atoms with van der Waals surface area (Å²) in [4.78, 5) is 56.4. The maximum atomic E-state index is 13.4.